The maximum absolute atomic E-state index is 13.1. The number of anilines is 1. The minimum Gasteiger partial charge on any atom is -0.483 e. The number of rotatable bonds is 6. The molecule has 0 fully saturated rings. The zero-order valence-electron chi connectivity index (χ0n) is 15.7. The average molecular weight is 371 g/mol. The van der Waals surface area contributed by atoms with E-state index in [-0.39, 0.29) is 12.5 Å². The Morgan fingerprint density at radius 3 is 2.57 bits per heavy atom. The molecule has 28 heavy (non-hydrogen) atoms. The van der Waals surface area contributed by atoms with Crippen molar-refractivity contribution in [3.05, 3.63) is 96.4 Å². The number of amides is 1. The van der Waals surface area contributed by atoms with Gasteiger partial charge in [-0.2, -0.15) is 0 Å². The Morgan fingerprint density at radius 2 is 1.75 bits per heavy atom. The fraction of sp³-hybridized carbons (Fsp3) is 0.130. The predicted molar refractivity (Wildman–Crippen MR) is 109 cm³/mol. The van der Waals surface area contributed by atoms with E-state index in [0.29, 0.717) is 6.54 Å². The van der Waals surface area contributed by atoms with Gasteiger partial charge in [0.25, 0.3) is 5.91 Å². The van der Waals surface area contributed by atoms with Gasteiger partial charge in [-0.3, -0.25) is 4.79 Å². The predicted octanol–water partition coefficient (Wildman–Crippen LogP) is 4.25. The van der Waals surface area contributed by atoms with Crippen LogP contribution in [0.1, 0.15) is 11.3 Å². The molecule has 5 heteroatoms. The lowest BCUT2D eigenvalue weighted by Gasteiger charge is -2.23. The lowest BCUT2D eigenvalue weighted by molar-refractivity contribution is -0.120. The number of ether oxygens (including phenoxy) is 1. The number of nitrogens with zero attached hydrogens (tertiary/aromatic N) is 3. The SMILES string of the molecule is Cc1ccccc1OCC(=O)N(Cc1cnc2ccccn12)c1ccccc1. The lowest BCUT2D eigenvalue weighted by Crippen LogP contribution is -2.35. The Hall–Kier alpha value is -3.60. The number of hydrogen-bond acceptors (Lipinski definition) is 3. The third-order valence-electron chi connectivity index (χ3n) is 4.63. The van der Waals surface area contributed by atoms with Crippen LogP contribution < -0.4 is 9.64 Å². The number of fused-ring (bicyclic) bond motifs is 1. The molecule has 0 atom stereocenters. The van der Waals surface area contributed by atoms with Crippen LogP contribution in [-0.2, 0) is 11.3 Å². The molecule has 0 aliphatic heterocycles. The van der Waals surface area contributed by atoms with Gasteiger partial charge in [0, 0.05) is 11.9 Å². The normalized spacial score (nSPS) is 10.8. The summed E-state index contributed by atoms with van der Waals surface area (Å²) in [5.74, 6) is 0.610. The largest absolute Gasteiger partial charge is 0.483 e. The molecule has 4 rings (SSSR count). The molecule has 0 saturated heterocycles. The van der Waals surface area contributed by atoms with Crippen LogP contribution in [0.5, 0.6) is 5.75 Å². The van der Waals surface area contributed by atoms with Crippen molar-refractivity contribution in [3.63, 3.8) is 0 Å². The van der Waals surface area contributed by atoms with Crippen LogP contribution in [0.3, 0.4) is 0 Å². The summed E-state index contributed by atoms with van der Waals surface area (Å²) in [6.07, 6.45) is 3.76. The van der Waals surface area contributed by atoms with Crippen molar-refractivity contribution in [3.8, 4) is 5.75 Å². The van der Waals surface area contributed by atoms with E-state index >= 15 is 0 Å². The van der Waals surface area contributed by atoms with Crippen molar-refractivity contribution in [2.24, 2.45) is 0 Å². The first kappa shape index (κ1) is 17.8. The molecule has 140 valence electrons. The van der Waals surface area contributed by atoms with Gasteiger partial charge in [-0.25, -0.2) is 4.98 Å². The molecule has 1 amide bonds. The molecule has 2 heterocycles. The second kappa shape index (κ2) is 7.96. The molecule has 0 radical (unpaired) electrons. The van der Waals surface area contributed by atoms with Crippen LogP contribution in [0.2, 0.25) is 0 Å². The Balaban J connectivity index is 1.59. The third kappa shape index (κ3) is 3.74. The Labute approximate surface area is 163 Å². The molecule has 0 aliphatic carbocycles. The number of pyridine rings is 1. The van der Waals surface area contributed by atoms with E-state index in [1.54, 1.807) is 11.1 Å². The minimum absolute atomic E-state index is 0.0313. The number of aromatic nitrogens is 2. The van der Waals surface area contributed by atoms with Gasteiger partial charge in [-0.1, -0.05) is 42.5 Å². The number of hydrogen-bond donors (Lipinski definition) is 0. The zero-order valence-corrected chi connectivity index (χ0v) is 15.7. The monoisotopic (exact) mass is 371 g/mol. The van der Waals surface area contributed by atoms with Crippen molar-refractivity contribution in [2.45, 2.75) is 13.5 Å². The van der Waals surface area contributed by atoms with E-state index in [2.05, 4.69) is 4.98 Å². The number of carbonyl (C=O) groups is 1. The van der Waals surface area contributed by atoms with Gasteiger partial charge in [0.15, 0.2) is 6.61 Å². The highest BCUT2D eigenvalue weighted by Crippen LogP contribution is 2.20. The third-order valence-corrected chi connectivity index (χ3v) is 4.63. The molecule has 4 aromatic rings. The van der Waals surface area contributed by atoms with Gasteiger partial charge < -0.3 is 14.0 Å². The highest BCUT2D eigenvalue weighted by atomic mass is 16.5. The summed E-state index contributed by atoms with van der Waals surface area (Å²) >= 11 is 0. The minimum atomic E-state index is -0.111. The van der Waals surface area contributed by atoms with Crippen LogP contribution >= 0.6 is 0 Å². The second-order valence-electron chi connectivity index (χ2n) is 6.55. The molecule has 0 aliphatic rings. The first-order valence-corrected chi connectivity index (χ1v) is 9.17. The van der Waals surface area contributed by atoms with Crippen molar-refractivity contribution in [1.82, 2.24) is 9.38 Å². The summed E-state index contributed by atoms with van der Waals surface area (Å²) < 4.78 is 7.79. The Morgan fingerprint density at radius 1 is 1.00 bits per heavy atom. The van der Waals surface area contributed by atoms with Crippen LogP contribution in [0.25, 0.3) is 5.65 Å². The highest BCUT2D eigenvalue weighted by Gasteiger charge is 2.19. The zero-order chi connectivity index (χ0) is 19.3. The quantitative estimate of drug-likeness (QED) is 0.509. The van der Waals surface area contributed by atoms with Gasteiger partial charge in [0.2, 0.25) is 0 Å². The summed E-state index contributed by atoms with van der Waals surface area (Å²) in [6.45, 7) is 2.34. The number of benzene rings is 2. The van der Waals surface area contributed by atoms with Gasteiger partial charge in [-0.15, -0.1) is 0 Å². The molecule has 0 unspecified atom stereocenters. The van der Waals surface area contributed by atoms with E-state index in [1.165, 1.54) is 0 Å². The number of aryl methyl sites for hydroxylation is 1. The summed E-state index contributed by atoms with van der Waals surface area (Å²) in [5.41, 5.74) is 3.62. The fourth-order valence-corrected chi connectivity index (χ4v) is 3.13. The molecule has 0 N–H and O–H groups in total. The first-order chi connectivity index (χ1) is 13.7. The summed E-state index contributed by atoms with van der Waals surface area (Å²) in [6, 6.07) is 23.2. The molecular weight excluding hydrogens is 350 g/mol. The van der Waals surface area contributed by atoms with Crippen LogP contribution in [0.15, 0.2) is 85.2 Å². The average Bonchev–Trinajstić information content (AvgIpc) is 3.15. The Kier molecular flexibility index (Phi) is 5.06. The van der Waals surface area contributed by atoms with Crippen molar-refractivity contribution >= 4 is 17.2 Å². The van der Waals surface area contributed by atoms with Crippen LogP contribution in [-0.4, -0.2) is 21.9 Å². The number of imidazole rings is 1. The first-order valence-electron chi connectivity index (χ1n) is 9.17. The van der Waals surface area contributed by atoms with Crippen molar-refractivity contribution in [2.75, 3.05) is 11.5 Å². The molecular formula is C23H21N3O2. The lowest BCUT2D eigenvalue weighted by atomic mass is 10.2. The molecule has 0 saturated carbocycles. The summed E-state index contributed by atoms with van der Waals surface area (Å²) in [4.78, 5) is 19.2. The summed E-state index contributed by atoms with van der Waals surface area (Å²) in [7, 11) is 0. The molecule has 2 aromatic carbocycles. The molecule has 0 bridgehead atoms. The van der Waals surface area contributed by atoms with Crippen molar-refractivity contribution in [1.29, 1.82) is 0 Å². The van der Waals surface area contributed by atoms with Gasteiger partial charge in [0.05, 0.1) is 18.4 Å². The smallest absolute Gasteiger partial charge is 0.265 e. The van der Waals surface area contributed by atoms with Crippen LogP contribution in [0, 0.1) is 6.92 Å². The van der Waals surface area contributed by atoms with Crippen LogP contribution in [0.4, 0.5) is 5.69 Å². The van der Waals surface area contributed by atoms with E-state index in [0.717, 1.165) is 28.3 Å². The van der Waals surface area contributed by atoms with Gasteiger partial charge in [-0.05, 0) is 42.8 Å². The maximum Gasteiger partial charge on any atom is 0.265 e. The second-order valence-corrected chi connectivity index (χ2v) is 6.55. The van der Waals surface area contributed by atoms with E-state index in [1.807, 2.05) is 90.3 Å². The molecule has 2 aromatic heterocycles. The molecule has 5 nitrogen and oxygen atoms in total. The van der Waals surface area contributed by atoms with E-state index in [9.17, 15) is 4.79 Å². The fourth-order valence-electron chi connectivity index (χ4n) is 3.13. The highest BCUT2D eigenvalue weighted by molar-refractivity contribution is 5.94. The van der Waals surface area contributed by atoms with E-state index < -0.39 is 0 Å². The van der Waals surface area contributed by atoms with Crippen molar-refractivity contribution < 1.29 is 9.53 Å². The topological polar surface area (TPSA) is 46.8 Å². The molecule has 0 spiro atoms. The Bertz CT molecular complexity index is 1090. The summed E-state index contributed by atoms with van der Waals surface area (Å²) in [5, 5.41) is 0. The van der Waals surface area contributed by atoms with Gasteiger partial charge >= 0.3 is 0 Å². The number of carbonyl (C=O) groups excluding carboxylic acids is 1. The maximum atomic E-state index is 13.1. The standard InChI is InChI=1S/C23H21N3O2/c1-18-9-5-6-12-21(18)28-17-23(27)26(19-10-3-2-4-11-19)16-20-15-24-22-13-7-8-14-25(20)22/h2-15H,16-17H2,1H3. The van der Waals surface area contributed by atoms with Gasteiger partial charge in [0.1, 0.15) is 11.4 Å². The van der Waals surface area contributed by atoms with E-state index in [4.69, 9.17) is 4.74 Å². The number of para-hydroxylation sites is 2.